The van der Waals surface area contributed by atoms with E-state index in [1.807, 2.05) is 0 Å². The third kappa shape index (κ3) is 5.40. The molecular weight excluding hydrogens is 501 g/mol. The Labute approximate surface area is 178 Å². The molecule has 2 aromatic rings. The van der Waals surface area contributed by atoms with Crippen molar-refractivity contribution in [2.75, 3.05) is 12.3 Å². The Hall–Kier alpha value is -1.36. The zero-order valence-electron chi connectivity index (χ0n) is 16.0. The zero-order chi connectivity index (χ0) is 24.1. The van der Waals surface area contributed by atoms with Crippen molar-refractivity contribution in [2.45, 2.75) is 30.8 Å². The first-order valence-corrected chi connectivity index (χ1v) is 12.9. The fourth-order valence-electron chi connectivity index (χ4n) is 2.97. The van der Waals surface area contributed by atoms with Crippen molar-refractivity contribution in [1.82, 2.24) is 19.6 Å². The predicted molar refractivity (Wildman–Crippen MR) is 101 cm³/mol. The van der Waals surface area contributed by atoms with Gasteiger partial charge in [0.05, 0.1) is 24.0 Å². The van der Waals surface area contributed by atoms with Crippen LogP contribution < -0.4 is 11.5 Å². The van der Waals surface area contributed by atoms with Crippen LogP contribution in [-0.4, -0.2) is 68.6 Å². The molecule has 32 heavy (non-hydrogen) atoms. The van der Waals surface area contributed by atoms with Crippen molar-refractivity contribution < 1.29 is 56.3 Å². The fraction of sp³-hybridized carbons (Fsp3) is 0.545. The molecule has 1 aliphatic heterocycles. The molecule has 0 spiro atoms. The summed E-state index contributed by atoms with van der Waals surface area (Å²) in [5.74, 6) is 0.0627. The molecular formula is C11H19N6O12P3. The van der Waals surface area contributed by atoms with E-state index in [1.165, 1.54) is 17.6 Å². The largest absolute Gasteiger partial charge is 0.490 e. The van der Waals surface area contributed by atoms with E-state index in [-0.39, 0.29) is 17.2 Å². The summed E-state index contributed by atoms with van der Waals surface area (Å²) >= 11 is 0. The standard InChI is InChI=1S/C11H19N6O12P3/c1-11(13)7(18)6(3-26-31(22,23)29-32(24,25)28-30(19,20)21)27-8(11)5-2-14-10-9(12)15-4-16-17(5)10/h2,4,6-8,18H,3,13H2,1H3,(H,22,23)(H,24,25)(H2,12,15,16)(H2,19,20,21)/t6-,7-,8+,11-/m1/s1. The third-order valence-corrected chi connectivity index (χ3v) is 8.11. The van der Waals surface area contributed by atoms with Gasteiger partial charge in [-0.15, -0.1) is 0 Å². The van der Waals surface area contributed by atoms with Crippen LogP contribution in [0.3, 0.4) is 0 Å². The van der Waals surface area contributed by atoms with Crippen molar-refractivity contribution in [2.24, 2.45) is 5.73 Å². The van der Waals surface area contributed by atoms with Gasteiger partial charge in [-0.3, -0.25) is 4.52 Å². The van der Waals surface area contributed by atoms with E-state index < -0.39 is 53.9 Å². The Bertz CT molecular complexity index is 1150. The predicted octanol–water partition coefficient (Wildman–Crippen LogP) is -1.43. The number of phosphoric ester groups is 1. The number of phosphoric acid groups is 3. The molecule has 3 rings (SSSR count). The second-order valence-electron chi connectivity index (χ2n) is 6.82. The Morgan fingerprint density at radius 2 is 1.84 bits per heavy atom. The van der Waals surface area contributed by atoms with Crippen molar-refractivity contribution >= 4 is 34.9 Å². The normalized spacial score (nSPS) is 30.3. The van der Waals surface area contributed by atoms with E-state index in [4.69, 9.17) is 26.0 Å². The molecule has 0 saturated carbocycles. The van der Waals surface area contributed by atoms with E-state index in [1.54, 1.807) is 0 Å². The maximum atomic E-state index is 11.9. The number of nitrogen functional groups attached to an aromatic ring is 1. The van der Waals surface area contributed by atoms with Crippen LogP contribution in [0, 0.1) is 0 Å². The molecule has 1 saturated heterocycles. The summed E-state index contributed by atoms with van der Waals surface area (Å²) in [5, 5.41) is 14.5. The lowest BCUT2D eigenvalue weighted by Crippen LogP contribution is -2.51. The summed E-state index contributed by atoms with van der Waals surface area (Å²) < 4.78 is 52.6. The molecule has 0 aliphatic carbocycles. The van der Waals surface area contributed by atoms with Gasteiger partial charge < -0.3 is 40.9 Å². The first kappa shape index (κ1) is 25.3. The van der Waals surface area contributed by atoms with E-state index in [9.17, 15) is 28.6 Å². The quantitative estimate of drug-likeness (QED) is 0.196. The summed E-state index contributed by atoms with van der Waals surface area (Å²) in [6.07, 6.45) is -1.45. The Kier molecular flexibility index (Phi) is 6.67. The number of hydrogen-bond donors (Lipinski definition) is 7. The van der Waals surface area contributed by atoms with Crippen LogP contribution in [0.2, 0.25) is 0 Å². The highest BCUT2D eigenvalue weighted by atomic mass is 31.3. The summed E-state index contributed by atoms with van der Waals surface area (Å²) in [7, 11) is -16.6. The number of aliphatic hydroxyl groups excluding tert-OH is 1. The first-order valence-electron chi connectivity index (χ1n) is 8.37. The lowest BCUT2D eigenvalue weighted by Gasteiger charge is -2.27. The molecule has 1 fully saturated rings. The fourth-order valence-corrected chi connectivity index (χ4v) is 6.00. The maximum absolute atomic E-state index is 11.9. The number of hydrogen-bond acceptors (Lipinski definition) is 13. The van der Waals surface area contributed by atoms with Gasteiger partial charge in [-0.05, 0) is 6.92 Å². The number of imidazole rings is 1. The lowest BCUT2D eigenvalue weighted by atomic mass is 9.88. The number of rotatable bonds is 8. The number of aliphatic hydroxyl groups is 1. The molecule has 1 aliphatic rings. The number of anilines is 1. The molecule has 180 valence electrons. The minimum atomic E-state index is -5.69. The average molecular weight is 520 g/mol. The van der Waals surface area contributed by atoms with Crippen molar-refractivity contribution in [3.8, 4) is 0 Å². The summed E-state index contributed by atoms with van der Waals surface area (Å²) in [4.78, 5) is 43.7. The molecule has 2 aromatic heterocycles. The van der Waals surface area contributed by atoms with Gasteiger partial charge in [0.15, 0.2) is 11.5 Å². The SMILES string of the molecule is C[C@@]1(N)[C@H](O)[C@@H](COP(=O)(O)OP(=O)(O)OP(=O)(O)O)O[C@H]1c1cnc2c(N)ncnn12. The van der Waals surface area contributed by atoms with E-state index in [2.05, 4.69) is 28.2 Å². The van der Waals surface area contributed by atoms with Crippen molar-refractivity contribution in [3.05, 3.63) is 18.2 Å². The minimum Gasteiger partial charge on any atom is -0.388 e. The summed E-state index contributed by atoms with van der Waals surface area (Å²) in [6, 6.07) is 0. The topological polar surface area (TPSA) is 284 Å². The Morgan fingerprint density at radius 3 is 2.47 bits per heavy atom. The van der Waals surface area contributed by atoms with Crippen LogP contribution in [0.15, 0.2) is 12.5 Å². The van der Waals surface area contributed by atoms with Gasteiger partial charge in [0, 0.05) is 0 Å². The van der Waals surface area contributed by atoms with Gasteiger partial charge in [0.2, 0.25) is 0 Å². The zero-order valence-corrected chi connectivity index (χ0v) is 18.7. The smallest absolute Gasteiger partial charge is 0.388 e. The Balaban J connectivity index is 1.74. The number of nitrogens with zero attached hydrogens (tertiary/aromatic N) is 4. The van der Waals surface area contributed by atoms with Gasteiger partial charge >= 0.3 is 23.5 Å². The average Bonchev–Trinajstić information content (AvgIpc) is 3.11. The van der Waals surface area contributed by atoms with Gasteiger partial charge in [0.25, 0.3) is 0 Å². The molecule has 18 nitrogen and oxygen atoms in total. The number of fused-ring (bicyclic) bond motifs is 1. The minimum absolute atomic E-state index is 0.0627. The van der Waals surface area contributed by atoms with E-state index in [0.717, 1.165) is 6.33 Å². The van der Waals surface area contributed by atoms with Crippen LogP contribution in [-0.2, 0) is 31.6 Å². The van der Waals surface area contributed by atoms with Crippen LogP contribution in [0.5, 0.6) is 0 Å². The van der Waals surface area contributed by atoms with Gasteiger partial charge in [-0.2, -0.15) is 13.7 Å². The molecule has 3 heterocycles. The van der Waals surface area contributed by atoms with Crippen LogP contribution in [0.4, 0.5) is 5.82 Å². The van der Waals surface area contributed by atoms with Gasteiger partial charge in [-0.1, -0.05) is 0 Å². The first-order chi connectivity index (χ1) is 14.5. The molecule has 6 atom stereocenters. The van der Waals surface area contributed by atoms with Crippen molar-refractivity contribution in [3.63, 3.8) is 0 Å². The molecule has 2 unspecified atom stereocenters. The van der Waals surface area contributed by atoms with Crippen LogP contribution >= 0.6 is 23.5 Å². The summed E-state index contributed by atoms with van der Waals surface area (Å²) in [5.41, 5.74) is 10.9. The van der Waals surface area contributed by atoms with Gasteiger partial charge in [0.1, 0.15) is 24.6 Å². The van der Waals surface area contributed by atoms with Crippen molar-refractivity contribution in [1.29, 1.82) is 0 Å². The highest BCUT2D eigenvalue weighted by Crippen LogP contribution is 2.66. The number of aromatic nitrogens is 4. The molecule has 0 radical (unpaired) electrons. The molecule has 0 aromatic carbocycles. The lowest BCUT2D eigenvalue weighted by molar-refractivity contribution is -0.0235. The molecule has 0 amide bonds. The second-order valence-corrected chi connectivity index (χ2v) is 11.2. The van der Waals surface area contributed by atoms with E-state index >= 15 is 0 Å². The summed E-state index contributed by atoms with van der Waals surface area (Å²) in [6.45, 7) is 0.527. The Morgan fingerprint density at radius 1 is 1.19 bits per heavy atom. The monoisotopic (exact) mass is 520 g/mol. The highest BCUT2D eigenvalue weighted by Gasteiger charge is 2.53. The third-order valence-electron chi connectivity index (χ3n) is 4.31. The second kappa shape index (κ2) is 8.45. The molecule has 21 heteroatoms. The maximum Gasteiger partial charge on any atom is 0.490 e. The van der Waals surface area contributed by atoms with E-state index in [0.29, 0.717) is 0 Å². The highest BCUT2D eigenvalue weighted by molar-refractivity contribution is 7.66. The molecule has 9 N–H and O–H groups in total. The molecule has 0 bridgehead atoms. The van der Waals surface area contributed by atoms with Crippen LogP contribution in [0.25, 0.3) is 5.65 Å². The van der Waals surface area contributed by atoms with Crippen LogP contribution in [0.1, 0.15) is 18.7 Å². The number of nitrogens with two attached hydrogens (primary N) is 2. The van der Waals surface area contributed by atoms with Gasteiger partial charge in [-0.25, -0.2) is 28.2 Å². The number of ether oxygens (including phenoxy) is 1.